The lowest BCUT2D eigenvalue weighted by molar-refractivity contribution is -0.121. The fourth-order valence-corrected chi connectivity index (χ4v) is 4.40. The Hall–Kier alpha value is -2.76. The van der Waals surface area contributed by atoms with E-state index in [-0.39, 0.29) is 41.3 Å². The third kappa shape index (κ3) is 5.90. The maximum Gasteiger partial charge on any atom is 0.253 e. The van der Waals surface area contributed by atoms with Gasteiger partial charge in [0.2, 0.25) is 15.9 Å². The van der Waals surface area contributed by atoms with E-state index in [0.717, 1.165) is 0 Å². The molecule has 11 heteroatoms. The molecule has 2 aromatic rings. The molecule has 31 heavy (non-hydrogen) atoms. The smallest absolute Gasteiger partial charge is 0.253 e. The number of amides is 2. The number of nitrogens with one attached hydrogen (secondary N) is 2. The van der Waals surface area contributed by atoms with Gasteiger partial charge in [-0.05, 0) is 38.0 Å². The lowest BCUT2D eigenvalue weighted by Crippen LogP contribution is -2.41. The molecule has 0 atom stereocenters. The molecule has 1 aliphatic heterocycles. The Labute approximate surface area is 181 Å². The van der Waals surface area contributed by atoms with Gasteiger partial charge in [-0.25, -0.2) is 13.1 Å². The number of carbonyl (C=O) groups is 2. The van der Waals surface area contributed by atoms with Crippen molar-refractivity contribution in [2.75, 3.05) is 38.7 Å². The summed E-state index contributed by atoms with van der Waals surface area (Å²) in [5, 5.41) is 6.48. The predicted molar refractivity (Wildman–Crippen MR) is 112 cm³/mol. The van der Waals surface area contributed by atoms with E-state index in [1.165, 1.54) is 25.3 Å². The number of sulfonamides is 1. The molecule has 168 valence electrons. The zero-order chi connectivity index (χ0) is 22.4. The van der Waals surface area contributed by atoms with E-state index in [0.29, 0.717) is 37.5 Å². The predicted octanol–water partition coefficient (Wildman–Crippen LogP) is 1.40. The molecule has 0 spiro atoms. The maximum atomic E-state index is 12.9. The van der Waals surface area contributed by atoms with Crippen molar-refractivity contribution in [3.8, 4) is 0 Å². The van der Waals surface area contributed by atoms with Gasteiger partial charge in [-0.2, -0.15) is 0 Å². The van der Waals surface area contributed by atoms with Gasteiger partial charge in [0.15, 0.2) is 5.82 Å². The zero-order valence-corrected chi connectivity index (χ0v) is 18.3. The number of nitrogens with zero attached hydrogens (tertiary/aromatic N) is 2. The van der Waals surface area contributed by atoms with Crippen LogP contribution in [0.1, 0.15) is 29.0 Å². The van der Waals surface area contributed by atoms with Crippen LogP contribution in [0.25, 0.3) is 0 Å². The summed E-state index contributed by atoms with van der Waals surface area (Å²) in [5.74, 6) is 0.320. The Morgan fingerprint density at radius 3 is 2.65 bits per heavy atom. The van der Waals surface area contributed by atoms with Crippen LogP contribution in [-0.2, 0) is 19.6 Å². The van der Waals surface area contributed by atoms with E-state index in [2.05, 4.69) is 15.2 Å². The molecule has 1 aliphatic rings. The summed E-state index contributed by atoms with van der Waals surface area (Å²) in [4.78, 5) is 26.9. The minimum absolute atomic E-state index is 0.0200. The highest BCUT2D eigenvalue weighted by Gasteiger charge is 2.28. The summed E-state index contributed by atoms with van der Waals surface area (Å²) in [5.41, 5.74) is 0.288. The fourth-order valence-electron chi connectivity index (χ4n) is 3.34. The van der Waals surface area contributed by atoms with Gasteiger partial charge >= 0.3 is 0 Å². The van der Waals surface area contributed by atoms with Gasteiger partial charge in [0, 0.05) is 44.3 Å². The van der Waals surface area contributed by atoms with Crippen molar-refractivity contribution < 1.29 is 27.3 Å². The quantitative estimate of drug-likeness (QED) is 0.581. The summed E-state index contributed by atoms with van der Waals surface area (Å²) < 4.78 is 37.0. The number of benzene rings is 1. The molecule has 2 heterocycles. The van der Waals surface area contributed by atoms with Gasteiger partial charge in [0.25, 0.3) is 5.91 Å². The Balaban J connectivity index is 1.58. The van der Waals surface area contributed by atoms with Crippen molar-refractivity contribution in [2.24, 2.45) is 5.92 Å². The number of rotatable bonds is 8. The summed E-state index contributed by atoms with van der Waals surface area (Å²) in [6.45, 7) is 2.93. The molecule has 0 bridgehead atoms. The molecule has 10 nitrogen and oxygen atoms in total. The molecule has 2 N–H and O–H groups in total. The van der Waals surface area contributed by atoms with E-state index in [1.54, 1.807) is 24.0 Å². The maximum absolute atomic E-state index is 12.9. The van der Waals surface area contributed by atoms with Crippen LogP contribution in [0, 0.1) is 12.8 Å². The summed E-state index contributed by atoms with van der Waals surface area (Å²) in [7, 11) is -2.25. The topological polar surface area (TPSA) is 131 Å². The first-order chi connectivity index (χ1) is 14.8. The zero-order valence-electron chi connectivity index (χ0n) is 17.5. The number of ether oxygens (including phenoxy) is 1. The van der Waals surface area contributed by atoms with E-state index in [9.17, 15) is 18.0 Å². The van der Waals surface area contributed by atoms with Crippen LogP contribution < -0.4 is 10.0 Å². The van der Waals surface area contributed by atoms with Crippen LogP contribution in [-0.4, -0.2) is 63.6 Å². The number of carbonyl (C=O) groups excluding carboxylic acids is 2. The van der Waals surface area contributed by atoms with E-state index in [1.807, 2.05) is 0 Å². The van der Waals surface area contributed by atoms with E-state index >= 15 is 0 Å². The summed E-state index contributed by atoms with van der Waals surface area (Å²) in [6.07, 6.45) is 1.01. The highest BCUT2D eigenvalue weighted by molar-refractivity contribution is 7.89. The number of hydrogen-bond donors (Lipinski definition) is 2. The minimum atomic E-state index is -3.73. The Morgan fingerprint density at radius 2 is 2.00 bits per heavy atom. The third-order valence-electron chi connectivity index (χ3n) is 5.02. The number of aryl methyl sites for hydroxylation is 1. The highest BCUT2D eigenvalue weighted by atomic mass is 32.2. The van der Waals surface area contributed by atoms with Crippen molar-refractivity contribution in [3.63, 3.8) is 0 Å². The second-order valence-corrected chi connectivity index (χ2v) is 9.06. The first-order valence-corrected chi connectivity index (χ1v) is 11.4. The lowest BCUT2D eigenvalue weighted by Gasteiger charge is -2.31. The first-order valence-electron chi connectivity index (χ1n) is 9.92. The summed E-state index contributed by atoms with van der Waals surface area (Å²) in [6, 6.07) is 7.57. The molecule has 3 rings (SSSR count). The van der Waals surface area contributed by atoms with Crippen LogP contribution in [0.3, 0.4) is 0 Å². The highest BCUT2D eigenvalue weighted by Crippen LogP contribution is 2.22. The van der Waals surface area contributed by atoms with Gasteiger partial charge < -0.3 is 19.5 Å². The number of anilines is 1. The minimum Gasteiger partial charge on any atom is -0.383 e. The number of piperidine rings is 1. The Kier molecular flexibility index (Phi) is 7.42. The summed E-state index contributed by atoms with van der Waals surface area (Å²) >= 11 is 0. The number of methoxy groups -OCH3 is 1. The number of likely N-dealkylation sites (tertiary alicyclic amines) is 1. The van der Waals surface area contributed by atoms with Crippen LogP contribution in [0.4, 0.5) is 5.82 Å². The van der Waals surface area contributed by atoms with Crippen molar-refractivity contribution >= 4 is 27.7 Å². The molecule has 0 saturated carbocycles. The molecule has 1 fully saturated rings. The van der Waals surface area contributed by atoms with Crippen molar-refractivity contribution in [3.05, 3.63) is 41.7 Å². The van der Waals surface area contributed by atoms with Crippen molar-refractivity contribution in [1.29, 1.82) is 0 Å². The largest absolute Gasteiger partial charge is 0.383 e. The first kappa shape index (κ1) is 22.9. The van der Waals surface area contributed by atoms with Crippen LogP contribution in [0.15, 0.2) is 39.8 Å². The van der Waals surface area contributed by atoms with Gasteiger partial charge in [0.1, 0.15) is 5.76 Å². The van der Waals surface area contributed by atoms with E-state index in [4.69, 9.17) is 9.26 Å². The van der Waals surface area contributed by atoms with Gasteiger partial charge in [-0.15, -0.1) is 0 Å². The van der Waals surface area contributed by atoms with Gasteiger partial charge in [-0.1, -0.05) is 11.2 Å². The van der Waals surface area contributed by atoms with Crippen molar-refractivity contribution in [2.45, 2.75) is 24.7 Å². The molecular weight excluding hydrogens is 424 g/mol. The standard InChI is InChI=1S/C20H26N4O6S/c1-14-12-18(23-30-14)22-19(25)15-6-9-24(10-7-15)20(26)16-4-3-5-17(13-16)31(27,28)21-8-11-29-2/h3-5,12-13,15,21H,6-11H2,1-2H3,(H,22,23,25). The molecule has 1 saturated heterocycles. The number of aromatic nitrogens is 1. The van der Waals surface area contributed by atoms with Crippen molar-refractivity contribution in [1.82, 2.24) is 14.8 Å². The number of hydrogen-bond acceptors (Lipinski definition) is 7. The Bertz CT molecular complexity index is 1030. The molecule has 0 unspecified atom stereocenters. The second kappa shape index (κ2) is 10.0. The van der Waals surface area contributed by atoms with Gasteiger partial charge in [0.05, 0.1) is 11.5 Å². The fraction of sp³-hybridized carbons (Fsp3) is 0.450. The third-order valence-corrected chi connectivity index (χ3v) is 6.48. The average Bonchev–Trinajstić information content (AvgIpc) is 3.18. The van der Waals surface area contributed by atoms with E-state index < -0.39 is 10.0 Å². The second-order valence-electron chi connectivity index (χ2n) is 7.30. The molecule has 2 amide bonds. The molecular formula is C20H26N4O6S. The molecule has 1 aromatic heterocycles. The monoisotopic (exact) mass is 450 g/mol. The normalized spacial score (nSPS) is 15.1. The lowest BCUT2D eigenvalue weighted by atomic mass is 9.95. The Morgan fingerprint density at radius 1 is 1.26 bits per heavy atom. The SMILES string of the molecule is COCCNS(=O)(=O)c1cccc(C(=O)N2CCC(C(=O)Nc3cc(C)on3)CC2)c1. The average molecular weight is 451 g/mol. The van der Waals surface area contributed by atoms with Crippen LogP contribution in [0.2, 0.25) is 0 Å². The van der Waals surface area contributed by atoms with Crippen LogP contribution in [0.5, 0.6) is 0 Å². The molecule has 0 radical (unpaired) electrons. The van der Waals surface area contributed by atoms with Gasteiger partial charge in [-0.3, -0.25) is 9.59 Å². The molecule has 1 aromatic carbocycles. The molecule has 0 aliphatic carbocycles. The van der Waals surface area contributed by atoms with Crippen LogP contribution >= 0.6 is 0 Å².